The summed E-state index contributed by atoms with van der Waals surface area (Å²) in [5.41, 5.74) is -0.101. The van der Waals surface area contributed by atoms with Gasteiger partial charge in [0.05, 0.1) is 5.56 Å². The molecule has 0 heterocycles. The van der Waals surface area contributed by atoms with Crippen molar-refractivity contribution in [3.05, 3.63) is 76.6 Å². The Bertz CT molecular complexity index is 1080. The fraction of sp³-hybridized carbons (Fsp3) is 0.448. The molecule has 0 aliphatic heterocycles. The summed E-state index contributed by atoms with van der Waals surface area (Å²) in [6, 6.07) is 9.49. The van der Waals surface area contributed by atoms with Gasteiger partial charge in [-0.1, -0.05) is 81.7 Å². The molecule has 1 atom stereocenters. The molecular weight excluding hydrogens is 462 g/mol. The third-order valence-corrected chi connectivity index (χ3v) is 6.56. The van der Waals surface area contributed by atoms with Crippen LogP contribution in [0, 0.1) is 5.82 Å². The maximum atomic E-state index is 15.5. The summed E-state index contributed by atoms with van der Waals surface area (Å²) in [6.45, 7) is 5.28. The van der Waals surface area contributed by atoms with Crippen LogP contribution in [-0.4, -0.2) is 12.1 Å². The SMILES string of the molecule is CCCCCc1ccc(-c2ccc3c(c2F)C(F)(F)C(F)(F)C/C3=C\C=C(\CCC)C(C)F)cc1. The van der Waals surface area contributed by atoms with Crippen LogP contribution in [0.4, 0.5) is 26.3 Å². The summed E-state index contributed by atoms with van der Waals surface area (Å²) in [5.74, 6) is -10.5. The average Bonchev–Trinajstić information content (AvgIpc) is 2.80. The molecule has 1 unspecified atom stereocenters. The minimum atomic E-state index is -4.68. The zero-order valence-electron chi connectivity index (χ0n) is 20.4. The molecule has 0 radical (unpaired) electrons. The molecule has 0 nitrogen and oxygen atoms in total. The molecule has 35 heavy (non-hydrogen) atoms. The Morgan fingerprint density at radius 2 is 1.60 bits per heavy atom. The first-order valence-corrected chi connectivity index (χ1v) is 12.3. The van der Waals surface area contributed by atoms with Gasteiger partial charge in [0.2, 0.25) is 0 Å². The monoisotopic (exact) mass is 494 g/mol. The smallest absolute Gasteiger partial charge is 0.243 e. The van der Waals surface area contributed by atoms with E-state index >= 15 is 4.39 Å². The van der Waals surface area contributed by atoms with E-state index in [1.54, 1.807) is 24.3 Å². The maximum Gasteiger partial charge on any atom is 0.339 e. The van der Waals surface area contributed by atoms with Gasteiger partial charge >= 0.3 is 11.8 Å². The van der Waals surface area contributed by atoms with Crippen LogP contribution in [0.5, 0.6) is 0 Å². The molecule has 0 fully saturated rings. The summed E-state index contributed by atoms with van der Waals surface area (Å²) in [7, 11) is 0. The zero-order valence-corrected chi connectivity index (χ0v) is 20.4. The third kappa shape index (κ3) is 5.68. The summed E-state index contributed by atoms with van der Waals surface area (Å²) < 4.78 is 88.4. The van der Waals surface area contributed by atoms with Crippen molar-refractivity contribution in [3.63, 3.8) is 0 Å². The molecule has 2 aromatic carbocycles. The van der Waals surface area contributed by atoms with Crippen LogP contribution in [0.1, 0.15) is 76.0 Å². The first-order chi connectivity index (χ1) is 16.5. The minimum Gasteiger partial charge on any atom is -0.243 e. The number of hydrogen-bond donors (Lipinski definition) is 0. The summed E-state index contributed by atoms with van der Waals surface area (Å²) in [4.78, 5) is 0. The quantitative estimate of drug-likeness (QED) is 0.240. The second-order valence-electron chi connectivity index (χ2n) is 9.26. The molecule has 0 amide bonds. The largest absolute Gasteiger partial charge is 0.339 e. The molecule has 0 saturated heterocycles. The van der Waals surface area contributed by atoms with Gasteiger partial charge in [0.25, 0.3) is 0 Å². The lowest BCUT2D eigenvalue weighted by atomic mass is 9.80. The van der Waals surface area contributed by atoms with E-state index in [0.29, 0.717) is 24.0 Å². The second kappa shape index (κ2) is 11.0. The lowest BCUT2D eigenvalue weighted by Gasteiger charge is -2.35. The van der Waals surface area contributed by atoms with Crippen LogP contribution in [0.15, 0.2) is 54.1 Å². The number of unbranched alkanes of at least 4 members (excludes halogenated alkanes) is 2. The summed E-state index contributed by atoms with van der Waals surface area (Å²) in [6.07, 6.45) is 5.10. The molecule has 0 bridgehead atoms. The summed E-state index contributed by atoms with van der Waals surface area (Å²) in [5, 5.41) is 0. The Labute approximate surface area is 203 Å². The Morgan fingerprint density at radius 1 is 0.943 bits per heavy atom. The Balaban J connectivity index is 2.08. The van der Waals surface area contributed by atoms with E-state index in [0.717, 1.165) is 31.2 Å². The summed E-state index contributed by atoms with van der Waals surface area (Å²) >= 11 is 0. The van der Waals surface area contributed by atoms with Crippen LogP contribution in [-0.2, 0) is 12.3 Å². The van der Waals surface area contributed by atoms with Crippen molar-refractivity contribution in [2.75, 3.05) is 0 Å². The highest BCUT2D eigenvalue weighted by Crippen LogP contribution is 2.55. The van der Waals surface area contributed by atoms with Gasteiger partial charge in [0.15, 0.2) is 0 Å². The normalized spacial score (nSPS) is 19.0. The van der Waals surface area contributed by atoms with Crippen LogP contribution in [0.25, 0.3) is 16.7 Å². The van der Waals surface area contributed by atoms with Crippen LogP contribution in [0.3, 0.4) is 0 Å². The number of alkyl halides is 5. The van der Waals surface area contributed by atoms with Gasteiger partial charge in [-0.3, -0.25) is 0 Å². The van der Waals surface area contributed by atoms with Gasteiger partial charge in [0.1, 0.15) is 12.0 Å². The third-order valence-electron chi connectivity index (χ3n) is 6.56. The van der Waals surface area contributed by atoms with Crippen molar-refractivity contribution in [3.8, 4) is 11.1 Å². The fourth-order valence-electron chi connectivity index (χ4n) is 4.49. The van der Waals surface area contributed by atoms with Crippen LogP contribution in [0.2, 0.25) is 0 Å². The zero-order chi connectivity index (χ0) is 25.8. The molecule has 1 aliphatic carbocycles. The minimum absolute atomic E-state index is 0.137. The van der Waals surface area contributed by atoms with Crippen molar-refractivity contribution in [1.29, 1.82) is 0 Å². The molecule has 0 aromatic heterocycles. The lowest BCUT2D eigenvalue weighted by Crippen LogP contribution is -2.42. The van der Waals surface area contributed by atoms with E-state index in [1.807, 2.05) is 6.92 Å². The van der Waals surface area contributed by atoms with Gasteiger partial charge in [0, 0.05) is 12.0 Å². The number of hydrogen-bond acceptors (Lipinski definition) is 0. The van der Waals surface area contributed by atoms with E-state index in [1.165, 1.54) is 31.2 Å². The number of benzene rings is 2. The number of fused-ring (bicyclic) bond motifs is 1. The topological polar surface area (TPSA) is 0 Å². The van der Waals surface area contributed by atoms with E-state index in [2.05, 4.69) is 6.92 Å². The first kappa shape index (κ1) is 27.1. The average molecular weight is 495 g/mol. The van der Waals surface area contributed by atoms with Crippen LogP contribution < -0.4 is 0 Å². The van der Waals surface area contributed by atoms with Crippen molar-refractivity contribution in [1.82, 2.24) is 0 Å². The molecule has 190 valence electrons. The van der Waals surface area contributed by atoms with Gasteiger partial charge in [-0.15, -0.1) is 0 Å². The number of rotatable bonds is 9. The molecule has 0 N–H and O–H groups in total. The van der Waals surface area contributed by atoms with Crippen LogP contribution >= 0.6 is 0 Å². The number of halogens is 6. The Hall–Kier alpha value is -2.50. The van der Waals surface area contributed by atoms with Crippen molar-refractivity contribution >= 4 is 5.57 Å². The van der Waals surface area contributed by atoms with Gasteiger partial charge in [-0.2, -0.15) is 17.6 Å². The highest BCUT2D eigenvalue weighted by molar-refractivity contribution is 5.78. The lowest BCUT2D eigenvalue weighted by molar-refractivity contribution is -0.217. The van der Waals surface area contributed by atoms with E-state index < -0.39 is 35.8 Å². The van der Waals surface area contributed by atoms with Crippen molar-refractivity contribution < 1.29 is 26.3 Å². The van der Waals surface area contributed by atoms with Crippen molar-refractivity contribution in [2.45, 2.75) is 83.7 Å². The fourth-order valence-corrected chi connectivity index (χ4v) is 4.49. The standard InChI is InChI=1S/C29H32F6/c1-4-6-7-9-20-10-12-22(13-11-20)25-17-16-24-23(15-14-21(8-5-2)19(3)30)18-28(32,33)29(34,35)26(24)27(25)31/h10-17,19H,4-9,18H2,1-3H3/b21-14-,23-15+. The maximum absolute atomic E-state index is 15.5. The number of aryl methyl sites for hydroxylation is 1. The Kier molecular flexibility index (Phi) is 8.55. The van der Waals surface area contributed by atoms with Gasteiger partial charge in [-0.05, 0) is 54.0 Å². The molecule has 1 aliphatic rings. The molecule has 0 spiro atoms. The predicted molar refractivity (Wildman–Crippen MR) is 130 cm³/mol. The molecule has 2 aromatic rings. The highest BCUT2D eigenvalue weighted by Gasteiger charge is 2.62. The van der Waals surface area contributed by atoms with Crippen molar-refractivity contribution in [2.24, 2.45) is 0 Å². The van der Waals surface area contributed by atoms with E-state index in [9.17, 15) is 22.0 Å². The van der Waals surface area contributed by atoms with Gasteiger partial charge in [-0.25, -0.2) is 8.78 Å². The molecule has 3 rings (SSSR count). The number of allylic oxidation sites excluding steroid dienone is 4. The Morgan fingerprint density at radius 3 is 2.20 bits per heavy atom. The molecular formula is C29H32F6. The predicted octanol–water partition coefficient (Wildman–Crippen LogP) is 9.82. The van der Waals surface area contributed by atoms with Gasteiger partial charge < -0.3 is 0 Å². The second-order valence-corrected chi connectivity index (χ2v) is 9.26. The van der Waals surface area contributed by atoms with E-state index in [4.69, 9.17) is 0 Å². The molecule has 6 heteroatoms. The molecule has 0 saturated carbocycles. The highest BCUT2D eigenvalue weighted by atomic mass is 19.3. The first-order valence-electron chi connectivity index (χ1n) is 12.3. The van der Waals surface area contributed by atoms with E-state index in [-0.39, 0.29) is 16.7 Å².